The van der Waals surface area contributed by atoms with E-state index in [-0.39, 0.29) is 12.0 Å². The zero-order chi connectivity index (χ0) is 26.4. The van der Waals surface area contributed by atoms with Gasteiger partial charge < -0.3 is 15.2 Å². The van der Waals surface area contributed by atoms with Gasteiger partial charge in [-0.2, -0.15) is 5.10 Å². The van der Waals surface area contributed by atoms with Gasteiger partial charge in [-0.05, 0) is 35.4 Å². The number of aryl methyl sites for hydroxylation is 1. The normalized spacial score (nSPS) is 11.4. The molecule has 1 heterocycles. The molecule has 188 valence electrons. The molecule has 4 aromatic rings. The minimum absolute atomic E-state index is 0.0459. The van der Waals surface area contributed by atoms with Crippen molar-refractivity contribution in [2.75, 3.05) is 12.0 Å². The Morgan fingerprint density at radius 1 is 0.973 bits per heavy atom. The first-order valence-corrected chi connectivity index (χ1v) is 11.5. The molecule has 0 radical (unpaired) electrons. The molecule has 0 unspecified atom stereocenters. The number of hydrogen-bond acceptors (Lipinski definition) is 5. The van der Waals surface area contributed by atoms with Crippen LogP contribution in [0.5, 0.6) is 5.75 Å². The van der Waals surface area contributed by atoms with Gasteiger partial charge in [0.05, 0.1) is 30.2 Å². The van der Waals surface area contributed by atoms with Crippen LogP contribution in [0.15, 0.2) is 95.9 Å². The van der Waals surface area contributed by atoms with Gasteiger partial charge in [0.1, 0.15) is 6.04 Å². The van der Waals surface area contributed by atoms with Crippen LogP contribution < -0.4 is 20.5 Å². The molecule has 1 atom stereocenters. The van der Waals surface area contributed by atoms with E-state index in [0.717, 1.165) is 0 Å². The van der Waals surface area contributed by atoms with Gasteiger partial charge in [-0.3, -0.25) is 9.69 Å². The number of anilines is 2. The second-order valence-electron chi connectivity index (χ2n) is 8.26. The van der Waals surface area contributed by atoms with E-state index in [2.05, 4.69) is 10.4 Å². The number of amides is 2. The average Bonchev–Trinajstić information content (AvgIpc) is 2.91. The van der Waals surface area contributed by atoms with Gasteiger partial charge in [0.2, 0.25) is 0 Å². The number of rotatable bonds is 8. The van der Waals surface area contributed by atoms with Gasteiger partial charge in [0.25, 0.3) is 5.56 Å². The van der Waals surface area contributed by atoms with E-state index in [0.29, 0.717) is 33.8 Å². The monoisotopic (exact) mass is 498 g/mol. The smallest absolute Gasteiger partial charge is 0.327 e. The third-order valence-electron chi connectivity index (χ3n) is 5.83. The van der Waals surface area contributed by atoms with Crippen molar-refractivity contribution in [3.05, 3.63) is 107 Å². The second kappa shape index (κ2) is 11.2. The summed E-state index contributed by atoms with van der Waals surface area (Å²) in [6.07, 6.45) is 1.51. The van der Waals surface area contributed by atoms with Crippen molar-refractivity contribution in [3.63, 3.8) is 0 Å². The summed E-state index contributed by atoms with van der Waals surface area (Å²) in [5.74, 6) is -0.823. The number of carboxylic acids is 1. The Kier molecular flexibility index (Phi) is 7.63. The SMILES string of the molecule is COc1cnn(C)c(=O)c1-c1ccc(C[C@H](NC(=O)N(c2ccccc2)c2ccccc2)C(=O)O)cc1. The predicted molar refractivity (Wildman–Crippen MR) is 140 cm³/mol. The number of methoxy groups -OCH3 is 1. The number of carboxylic acid groups (broad SMARTS) is 1. The van der Waals surface area contributed by atoms with Crippen LogP contribution in [0.1, 0.15) is 5.56 Å². The third kappa shape index (κ3) is 5.67. The zero-order valence-corrected chi connectivity index (χ0v) is 20.4. The number of hydrogen-bond donors (Lipinski definition) is 2. The third-order valence-corrected chi connectivity index (χ3v) is 5.83. The summed E-state index contributed by atoms with van der Waals surface area (Å²) in [6.45, 7) is 0. The van der Waals surface area contributed by atoms with Crippen molar-refractivity contribution in [1.82, 2.24) is 15.1 Å². The largest absolute Gasteiger partial charge is 0.494 e. The molecular weight excluding hydrogens is 472 g/mol. The number of urea groups is 1. The number of benzene rings is 3. The molecule has 4 rings (SSSR count). The molecule has 0 saturated heterocycles. The van der Waals surface area contributed by atoms with Crippen LogP contribution >= 0.6 is 0 Å². The molecule has 2 amide bonds. The first-order chi connectivity index (χ1) is 17.9. The number of aromatic nitrogens is 2. The highest BCUT2D eigenvalue weighted by atomic mass is 16.5. The molecule has 0 saturated carbocycles. The number of nitrogens with zero attached hydrogens (tertiary/aromatic N) is 3. The Balaban J connectivity index is 1.57. The maximum atomic E-state index is 13.3. The lowest BCUT2D eigenvalue weighted by Crippen LogP contribution is -2.47. The lowest BCUT2D eigenvalue weighted by atomic mass is 10.0. The van der Waals surface area contributed by atoms with Gasteiger partial charge in [0.15, 0.2) is 5.75 Å². The van der Waals surface area contributed by atoms with E-state index in [1.54, 1.807) is 79.8 Å². The van der Waals surface area contributed by atoms with E-state index in [4.69, 9.17) is 4.74 Å². The Bertz CT molecular complexity index is 1400. The first kappa shape index (κ1) is 25.2. The first-order valence-electron chi connectivity index (χ1n) is 11.5. The van der Waals surface area contributed by atoms with Crippen molar-refractivity contribution >= 4 is 23.4 Å². The van der Waals surface area contributed by atoms with Gasteiger partial charge in [-0.25, -0.2) is 14.3 Å². The highest BCUT2D eigenvalue weighted by molar-refractivity contribution is 6.00. The van der Waals surface area contributed by atoms with Crippen LogP contribution in [0, 0.1) is 0 Å². The van der Waals surface area contributed by atoms with Gasteiger partial charge in [-0.15, -0.1) is 0 Å². The van der Waals surface area contributed by atoms with Crippen molar-refractivity contribution in [1.29, 1.82) is 0 Å². The summed E-state index contributed by atoms with van der Waals surface area (Å²) in [5.41, 5.74) is 2.53. The Hall–Kier alpha value is -4.92. The van der Waals surface area contributed by atoms with E-state index in [1.807, 2.05) is 12.1 Å². The van der Waals surface area contributed by atoms with Gasteiger partial charge in [0, 0.05) is 13.5 Å². The van der Waals surface area contributed by atoms with Crippen molar-refractivity contribution in [2.24, 2.45) is 7.05 Å². The van der Waals surface area contributed by atoms with E-state index in [9.17, 15) is 19.5 Å². The summed E-state index contributed by atoms with van der Waals surface area (Å²) >= 11 is 0. The highest BCUT2D eigenvalue weighted by Gasteiger charge is 2.25. The Morgan fingerprint density at radius 3 is 2.05 bits per heavy atom. The van der Waals surface area contributed by atoms with E-state index >= 15 is 0 Å². The topological polar surface area (TPSA) is 114 Å². The Labute approximate surface area is 213 Å². The minimum Gasteiger partial charge on any atom is -0.494 e. The molecular formula is C28H26N4O5. The number of ether oxygens (including phenoxy) is 1. The molecule has 0 spiro atoms. The van der Waals surface area contributed by atoms with Crippen LogP contribution in [-0.4, -0.2) is 40.0 Å². The van der Waals surface area contributed by atoms with Gasteiger partial charge in [-0.1, -0.05) is 60.7 Å². The fraction of sp³-hybridized carbons (Fsp3) is 0.143. The summed E-state index contributed by atoms with van der Waals surface area (Å²) in [5, 5.41) is 16.5. The summed E-state index contributed by atoms with van der Waals surface area (Å²) in [6, 6.07) is 23.1. The predicted octanol–water partition coefficient (Wildman–Crippen LogP) is 4.00. The molecule has 3 aromatic carbocycles. The van der Waals surface area contributed by atoms with Crippen molar-refractivity contribution in [2.45, 2.75) is 12.5 Å². The van der Waals surface area contributed by atoms with Crippen molar-refractivity contribution in [3.8, 4) is 16.9 Å². The maximum Gasteiger partial charge on any atom is 0.327 e. The summed E-state index contributed by atoms with van der Waals surface area (Å²) in [4.78, 5) is 39.5. The lowest BCUT2D eigenvalue weighted by molar-refractivity contribution is -0.139. The quantitative estimate of drug-likeness (QED) is 0.380. The summed E-state index contributed by atoms with van der Waals surface area (Å²) in [7, 11) is 3.01. The molecule has 0 bridgehead atoms. The minimum atomic E-state index is -1.18. The molecule has 1 aromatic heterocycles. The van der Waals surface area contributed by atoms with E-state index < -0.39 is 18.0 Å². The molecule has 37 heavy (non-hydrogen) atoms. The van der Waals surface area contributed by atoms with E-state index in [1.165, 1.54) is 22.9 Å². The maximum absolute atomic E-state index is 13.3. The molecule has 0 aliphatic heterocycles. The van der Waals surface area contributed by atoms with Crippen molar-refractivity contribution < 1.29 is 19.4 Å². The molecule has 9 heteroatoms. The number of para-hydroxylation sites is 2. The Morgan fingerprint density at radius 2 is 1.54 bits per heavy atom. The average molecular weight is 499 g/mol. The number of carbonyl (C=O) groups is 2. The van der Waals surface area contributed by atoms with Gasteiger partial charge >= 0.3 is 12.0 Å². The second-order valence-corrected chi connectivity index (χ2v) is 8.26. The standard InChI is InChI=1S/C28H26N4O5/c1-31-26(33)25(24(37-2)18-29-31)20-15-13-19(14-16-20)17-23(27(34)35)30-28(36)32(21-9-5-3-6-10-21)22-11-7-4-8-12-22/h3-16,18,23H,17H2,1-2H3,(H,30,36)(H,34,35)/t23-/m0/s1. The lowest BCUT2D eigenvalue weighted by Gasteiger charge is -2.25. The van der Waals surface area contributed by atoms with Crippen LogP contribution in [0.3, 0.4) is 0 Å². The van der Waals surface area contributed by atoms with Crippen LogP contribution in [0.2, 0.25) is 0 Å². The fourth-order valence-corrected chi connectivity index (χ4v) is 3.94. The molecule has 0 fully saturated rings. The molecule has 0 aliphatic rings. The zero-order valence-electron chi connectivity index (χ0n) is 20.4. The molecule has 0 aliphatic carbocycles. The number of carbonyl (C=O) groups excluding carboxylic acids is 1. The molecule has 9 nitrogen and oxygen atoms in total. The van der Waals surface area contributed by atoms with Crippen LogP contribution in [0.4, 0.5) is 16.2 Å². The van der Waals surface area contributed by atoms with Crippen LogP contribution in [0.25, 0.3) is 11.1 Å². The number of aliphatic carboxylic acids is 1. The molecule has 2 N–H and O–H groups in total. The highest BCUT2D eigenvalue weighted by Crippen LogP contribution is 2.27. The summed E-state index contributed by atoms with van der Waals surface area (Å²) < 4.78 is 6.51. The van der Waals surface area contributed by atoms with Crippen LogP contribution in [-0.2, 0) is 18.3 Å². The fourth-order valence-electron chi connectivity index (χ4n) is 3.94. The number of nitrogens with one attached hydrogen (secondary N) is 1.